The number of alkyl halides is 3. The van der Waals surface area contributed by atoms with Gasteiger partial charge in [-0.15, -0.1) is 0 Å². The molecule has 21 heavy (non-hydrogen) atoms. The number of hydrogen-bond donors (Lipinski definition) is 2. The van der Waals surface area contributed by atoms with Crippen LogP contribution in [0, 0.1) is 5.92 Å². The van der Waals surface area contributed by atoms with Gasteiger partial charge in [0, 0.05) is 20.2 Å². The average molecular weight is 311 g/mol. The van der Waals surface area contributed by atoms with Crippen molar-refractivity contribution >= 4 is 5.91 Å². The SMILES string of the molecule is COCCNCC1CCCN(CC(=O)NCC(F)(F)F)C1. The van der Waals surface area contributed by atoms with Crippen LogP contribution in [0.3, 0.4) is 0 Å². The normalized spacial score (nSPS) is 20.5. The largest absolute Gasteiger partial charge is 0.405 e. The third-order valence-corrected chi connectivity index (χ3v) is 3.37. The van der Waals surface area contributed by atoms with Crippen molar-refractivity contribution in [2.45, 2.75) is 19.0 Å². The molecule has 1 aliphatic heterocycles. The second-order valence-electron chi connectivity index (χ2n) is 5.33. The van der Waals surface area contributed by atoms with Gasteiger partial charge < -0.3 is 15.4 Å². The second-order valence-corrected chi connectivity index (χ2v) is 5.33. The fraction of sp³-hybridized carbons (Fsp3) is 0.923. The van der Waals surface area contributed by atoms with Gasteiger partial charge >= 0.3 is 6.18 Å². The highest BCUT2D eigenvalue weighted by molar-refractivity contribution is 5.78. The summed E-state index contributed by atoms with van der Waals surface area (Å²) in [6, 6.07) is 0. The lowest BCUT2D eigenvalue weighted by Crippen LogP contribution is -2.46. The van der Waals surface area contributed by atoms with E-state index in [9.17, 15) is 18.0 Å². The summed E-state index contributed by atoms with van der Waals surface area (Å²) in [6.45, 7) is 2.53. The molecule has 0 radical (unpaired) electrons. The van der Waals surface area contributed by atoms with Gasteiger partial charge in [0.25, 0.3) is 0 Å². The maximum absolute atomic E-state index is 12.0. The summed E-state index contributed by atoms with van der Waals surface area (Å²) in [6.07, 6.45) is -2.32. The molecule has 2 N–H and O–H groups in total. The molecule has 1 amide bonds. The third kappa shape index (κ3) is 8.90. The molecule has 0 saturated carbocycles. The molecule has 1 saturated heterocycles. The van der Waals surface area contributed by atoms with E-state index < -0.39 is 18.6 Å². The number of ether oxygens (including phenoxy) is 1. The van der Waals surface area contributed by atoms with Gasteiger partial charge in [0.15, 0.2) is 0 Å². The lowest BCUT2D eigenvalue weighted by atomic mass is 9.98. The summed E-state index contributed by atoms with van der Waals surface area (Å²) < 4.78 is 41.0. The zero-order valence-electron chi connectivity index (χ0n) is 12.3. The Morgan fingerprint density at radius 2 is 2.19 bits per heavy atom. The molecule has 1 heterocycles. The molecule has 0 aromatic rings. The Morgan fingerprint density at radius 1 is 1.43 bits per heavy atom. The number of likely N-dealkylation sites (tertiary alicyclic amines) is 1. The number of piperidine rings is 1. The Hall–Kier alpha value is -0.860. The number of hydrogen-bond acceptors (Lipinski definition) is 4. The first-order valence-corrected chi connectivity index (χ1v) is 7.16. The van der Waals surface area contributed by atoms with Crippen LogP contribution < -0.4 is 10.6 Å². The van der Waals surface area contributed by atoms with Crippen LogP contribution in [0.5, 0.6) is 0 Å². The smallest absolute Gasteiger partial charge is 0.383 e. The van der Waals surface area contributed by atoms with Gasteiger partial charge in [0.1, 0.15) is 6.54 Å². The zero-order valence-corrected chi connectivity index (χ0v) is 12.3. The van der Waals surface area contributed by atoms with Crippen LogP contribution in [0.2, 0.25) is 0 Å². The summed E-state index contributed by atoms with van der Waals surface area (Å²) in [5.74, 6) is -0.147. The van der Waals surface area contributed by atoms with Gasteiger partial charge in [-0.3, -0.25) is 9.69 Å². The van der Waals surface area contributed by atoms with E-state index in [0.29, 0.717) is 12.5 Å². The molecule has 1 rings (SSSR count). The van der Waals surface area contributed by atoms with E-state index >= 15 is 0 Å². The van der Waals surface area contributed by atoms with E-state index in [2.05, 4.69) is 5.32 Å². The molecular weight excluding hydrogens is 287 g/mol. The Balaban J connectivity index is 2.21. The number of nitrogens with zero attached hydrogens (tertiary/aromatic N) is 1. The molecule has 0 spiro atoms. The maximum atomic E-state index is 12.0. The summed E-state index contributed by atoms with van der Waals surface area (Å²) in [5, 5.41) is 5.18. The van der Waals surface area contributed by atoms with E-state index in [4.69, 9.17) is 4.74 Å². The van der Waals surface area contributed by atoms with Crippen molar-refractivity contribution in [2.75, 3.05) is 53.0 Å². The number of amides is 1. The predicted octanol–water partition coefficient (Wildman–Crippen LogP) is 0.613. The molecule has 1 fully saturated rings. The van der Waals surface area contributed by atoms with Crippen LogP contribution >= 0.6 is 0 Å². The quantitative estimate of drug-likeness (QED) is 0.645. The first-order valence-electron chi connectivity index (χ1n) is 7.16. The predicted molar refractivity (Wildman–Crippen MR) is 73.0 cm³/mol. The number of nitrogens with one attached hydrogen (secondary N) is 2. The molecule has 124 valence electrons. The fourth-order valence-electron chi connectivity index (χ4n) is 2.40. The van der Waals surface area contributed by atoms with Crippen LogP contribution in [0.15, 0.2) is 0 Å². The van der Waals surface area contributed by atoms with Crippen LogP contribution in [-0.4, -0.2) is 70.0 Å². The van der Waals surface area contributed by atoms with Crippen molar-refractivity contribution < 1.29 is 22.7 Å². The van der Waals surface area contributed by atoms with Crippen LogP contribution in [0.25, 0.3) is 0 Å². The van der Waals surface area contributed by atoms with Crippen molar-refractivity contribution in [3.05, 3.63) is 0 Å². The molecule has 1 unspecified atom stereocenters. The van der Waals surface area contributed by atoms with Gasteiger partial charge in [-0.1, -0.05) is 0 Å². The average Bonchev–Trinajstić information content (AvgIpc) is 2.41. The second kappa shape index (κ2) is 9.22. The number of carbonyl (C=O) groups excluding carboxylic acids is 1. The molecule has 0 bridgehead atoms. The molecule has 0 aromatic carbocycles. The van der Waals surface area contributed by atoms with Crippen LogP contribution in [0.1, 0.15) is 12.8 Å². The minimum absolute atomic E-state index is 0.0324. The van der Waals surface area contributed by atoms with Crippen LogP contribution in [0.4, 0.5) is 13.2 Å². The summed E-state index contributed by atoms with van der Waals surface area (Å²) in [4.78, 5) is 13.4. The Morgan fingerprint density at radius 3 is 2.86 bits per heavy atom. The van der Waals surface area contributed by atoms with Crippen molar-refractivity contribution in [3.63, 3.8) is 0 Å². The minimum atomic E-state index is -4.36. The van der Waals surface area contributed by atoms with Crippen molar-refractivity contribution in [1.29, 1.82) is 0 Å². The van der Waals surface area contributed by atoms with Gasteiger partial charge in [0.05, 0.1) is 13.2 Å². The molecule has 8 heteroatoms. The molecule has 1 atom stereocenters. The van der Waals surface area contributed by atoms with E-state index in [1.54, 1.807) is 7.11 Å². The number of rotatable bonds is 8. The van der Waals surface area contributed by atoms with Gasteiger partial charge in [-0.05, 0) is 31.8 Å². The molecule has 1 aliphatic rings. The lowest BCUT2D eigenvalue weighted by Gasteiger charge is -2.32. The van der Waals surface area contributed by atoms with Crippen LogP contribution in [-0.2, 0) is 9.53 Å². The van der Waals surface area contributed by atoms with Crippen molar-refractivity contribution in [1.82, 2.24) is 15.5 Å². The van der Waals surface area contributed by atoms with E-state index in [0.717, 1.165) is 39.0 Å². The zero-order chi connectivity index (χ0) is 15.7. The monoisotopic (exact) mass is 311 g/mol. The summed E-state index contributed by atoms with van der Waals surface area (Å²) >= 11 is 0. The van der Waals surface area contributed by atoms with Gasteiger partial charge in [0.2, 0.25) is 5.91 Å². The summed E-state index contributed by atoms with van der Waals surface area (Å²) in [5.41, 5.74) is 0. The van der Waals surface area contributed by atoms with E-state index in [1.165, 1.54) is 0 Å². The van der Waals surface area contributed by atoms with Gasteiger partial charge in [-0.2, -0.15) is 13.2 Å². The highest BCUT2D eigenvalue weighted by Crippen LogP contribution is 2.15. The third-order valence-electron chi connectivity index (χ3n) is 3.37. The van der Waals surface area contributed by atoms with E-state index in [-0.39, 0.29) is 6.54 Å². The molecule has 0 aromatic heterocycles. The molecular formula is C13H24F3N3O2. The number of halogens is 3. The topological polar surface area (TPSA) is 53.6 Å². The first kappa shape index (κ1) is 18.2. The van der Waals surface area contributed by atoms with Crippen molar-refractivity contribution in [2.24, 2.45) is 5.92 Å². The summed E-state index contributed by atoms with van der Waals surface area (Å²) in [7, 11) is 1.64. The Bertz CT molecular complexity index is 314. The highest BCUT2D eigenvalue weighted by Gasteiger charge is 2.28. The standard InChI is InChI=1S/C13H24F3N3O2/c1-21-6-4-17-7-11-3-2-5-19(8-11)9-12(20)18-10-13(14,15)16/h11,17H,2-10H2,1H3,(H,18,20). The van der Waals surface area contributed by atoms with Gasteiger partial charge in [-0.25, -0.2) is 0 Å². The first-order chi connectivity index (χ1) is 9.90. The molecule has 0 aliphatic carbocycles. The number of carbonyl (C=O) groups is 1. The maximum Gasteiger partial charge on any atom is 0.405 e. The fourth-order valence-corrected chi connectivity index (χ4v) is 2.40. The Labute approximate surface area is 123 Å². The highest BCUT2D eigenvalue weighted by atomic mass is 19.4. The lowest BCUT2D eigenvalue weighted by molar-refractivity contribution is -0.139. The minimum Gasteiger partial charge on any atom is -0.383 e. The number of methoxy groups -OCH3 is 1. The van der Waals surface area contributed by atoms with Crippen molar-refractivity contribution in [3.8, 4) is 0 Å². The molecule has 5 nitrogen and oxygen atoms in total. The van der Waals surface area contributed by atoms with E-state index in [1.807, 2.05) is 10.2 Å². The Kier molecular flexibility index (Phi) is 7.98.